The number of methoxy groups -OCH3 is 1. The number of carboxylic acid groups (broad SMARTS) is 1. The zero-order chi connectivity index (χ0) is 32.7. The van der Waals surface area contributed by atoms with E-state index in [0.29, 0.717) is 28.3 Å². The number of ether oxygens (including phenoxy) is 1. The fraction of sp³-hybridized carbons (Fsp3) is 0.300. The van der Waals surface area contributed by atoms with Crippen LogP contribution in [0.4, 0.5) is 22.0 Å². The molecule has 1 aliphatic rings. The van der Waals surface area contributed by atoms with Crippen LogP contribution in [-0.4, -0.2) is 85.1 Å². The topological polar surface area (TPSA) is 183 Å². The van der Waals surface area contributed by atoms with Gasteiger partial charge in [-0.1, -0.05) is 30.3 Å². The van der Waals surface area contributed by atoms with Gasteiger partial charge >= 0.3 is 12.0 Å². The van der Waals surface area contributed by atoms with Crippen molar-refractivity contribution in [1.82, 2.24) is 14.2 Å². The summed E-state index contributed by atoms with van der Waals surface area (Å²) in [6.07, 6.45) is 2.24. The highest BCUT2D eigenvalue weighted by Crippen LogP contribution is 2.29. The first-order chi connectivity index (χ1) is 21.4. The minimum absolute atomic E-state index is 0.0333. The van der Waals surface area contributed by atoms with Crippen LogP contribution in [0.3, 0.4) is 0 Å². The predicted octanol–water partition coefficient (Wildman–Crippen LogP) is 3.30. The van der Waals surface area contributed by atoms with Crippen LogP contribution in [0.1, 0.15) is 29.2 Å². The van der Waals surface area contributed by atoms with Gasteiger partial charge in [-0.25, -0.2) is 18.2 Å². The Bertz CT molecular complexity index is 1700. The van der Waals surface area contributed by atoms with E-state index in [-0.39, 0.29) is 24.7 Å². The van der Waals surface area contributed by atoms with Crippen molar-refractivity contribution in [1.29, 1.82) is 0 Å². The molecule has 0 fully saturated rings. The number of nitrogens with zero attached hydrogens (tertiary/aromatic N) is 4. The van der Waals surface area contributed by atoms with Gasteiger partial charge in [0.2, 0.25) is 15.9 Å². The summed E-state index contributed by atoms with van der Waals surface area (Å²) in [4.78, 5) is 46.8. The van der Waals surface area contributed by atoms with Gasteiger partial charge in [0, 0.05) is 26.0 Å². The number of aliphatic carboxylic acids is 1. The second kappa shape index (κ2) is 14.2. The highest BCUT2D eigenvalue weighted by atomic mass is 32.2. The molecule has 1 aromatic heterocycles. The summed E-state index contributed by atoms with van der Waals surface area (Å²) < 4.78 is 32.7. The number of para-hydroxylation sites is 1. The van der Waals surface area contributed by atoms with E-state index >= 15 is 0 Å². The first-order valence-corrected chi connectivity index (χ1v) is 15.4. The van der Waals surface area contributed by atoms with Gasteiger partial charge in [-0.05, 0) is 47.9 Å². The molecule has 0 saturated carbocycles. The molecule has 3 aromatic rings. The van der Waals surface area contributed by atoms with Gasteiger partial charge in [-0.15, -0.1) is 0 Å². The molecule has 4 rings (SSSR count). The van der Waals surface area contributed by atoms with Gasteiger partial charge in [0.25, 0.3) is 0 Å². The van der Waals surface area contributed by atoms with Crippen molar-refractivity contribution in [3.05, 3.63) is 77.5 Å². The predicted molar refractivity (Wildman–Crippen MR) is 170 cm³/mol. The number of amides is 3. The number of anilines is 3. The van der Waals surface area contributed by atoms with E-state index in [1.807, 2.05) is 25.1 Å². The number of carbonyl (C=O) groups is 3. The van der Waals surface area contributed by atoms with Crippen LogP contribution in [0.2, 0.25) is 0 Å². The molecule has 45 heavy (non-hydrogen) atoms. The number of hydrogen-bond acceptors (Lipinski definition) is 9. The maximum absolute atomic E-state index is 13.1. The maximum Gasteiger partial charge on any atom is 0.323 e. The van der Waals surface area contributed by atoms with E-state index in [2.05, 4.69) is 25.9 Å². The molecule has 0 bridgehead atoms. The average molecular weight is 638 g/mol. The van der Waals surface area contributed by atoms with Gasteiger partial charge in [0.1, 0.15) is 11.6 Å². The molecule has 2 atom stereocenters. The highest BCUT2D eigenvalue weighted by Gasteiger charge is 2.37. The minimum atomic E-state index is -3.96. The number of rotatable bonds is 12. The first kappa shape index (κ1) is 32.9. The maximum atomic E-state index is 13.1. The van der Waals surface area contributed by atoms with Crippen LogP contribution in [-0.2, 0) is 26.0 Å². The third kappa shape index (κ3) is 8.33. The molecular weight excluding hydrogens is 602 g/mol. The summed E-state index contributed by atoms with van der Waals surface area (Å²) in [5, 5.41) is 16.6. The fourth-order valence-corrected chi connectivity index (χ4v) is 6.24. The summed E-state index contributed by atoms with van der Waals surface area (Å²) in [6.45, 7) is 2.04. The van der Waals surface area contributed by atoms with Gasteiger partial charge in [0.15, 0.2) is 5.37 Å². The molecule has 2 aromatic carbocycles. The molecule has 0 saturated heterocycles. The van der Waals surface area contributed by atoms with E-state index in [1.54, 1.807) is 36.2 Å². The van der Waals surface area contributed by atoms with Crippen LogP contribution in [0.5, 0.6) is 5.75 Å². The molecule has 0 spiro atoms. The number of aryl methyl sites for hydroxylation is 1. The number of hydrogen-bond donors (Lipinski definition) is 4. The first-order valence-electron chi connectivity index (χ1n) is 13.9. The number of aromatic nitrogens is 1. The number of benzene rings is 2. The Morgan fingerprint density at radius 2 is 1.82 bits per heavy atom. The van der Waals surface area contributed by atoms with E-state index < -0.39 is 39.9 Å². The third-order valence-corrected chi connectivity index (χ3v) is 9.15. The van der Waals surface area contributed by atoms with E-state index in [4.69, 9.17) is 4.74 Å². The quantitative estimate of drug-likeness (QED) is 0.232. The number of nitrogens with one attached hydrogen (secondary N) is 3. The summed E-state index contributed by atoms with van der Waals surface area (Å²) in [5.74, 6) is -1.01. The molecule has 2 heterocycles. The number of sulfonamides is 1. The van der Waals surface area contributed by atoms with Gasteiger partial charge < -0.3 is 30.7 Å². The molecule has 3 amide bonds. The second-order valence-corrected chi connectivity index (χ2v) is 12.6. The Morgan fingerprint density at radius 3 is 2.44 bits per heavy atom. The van der Waals surface area contributed by atoms with Crippen molar-refractivity contribution in [2.75, 3.05) is 43.7 Å². The van der Waals surface area contributed by atoms with Gasteiger partial charge in [-0.2, -0.15) is 4.31 Å². The Balaban J connectivity index is 1.39. The lowest BCUT2D eigenvalue weighted by molar-refractivity contribution is -0.138. The third-order valence-electron chi connectivity index (χ3n) is 7.14. The monoisotopic (exact) mass is 637 g/mol. The van der Waals surface area contributed by atoms with Crippen molar-refractivity contribution in [3.8, 4) is 5.75 Å². The number of urea groups is 1. The van der Waals surface area contributed by atoms with Gasteiger partial charge in [-0.3, -0.25) is 14.6 Å². The van der Waals surface area contributed by atoms with E-state index in [0.717, 1.165) is 9.87 Å². The Morgan fingerprint density at radius 1 is 1.09 bits per heavy atom. The molecule has 1 aliphatic heterocycles. The number of likely N-dealkylation sites (N-methyl/N-ethyl adjacent to an activating group) is 1. The second-order valence-electron chi connectivity index (χ2n) is 10.5. The largest absolute Gasteiger partial charge is 0.495 e. The molecule has 238 valence electrons. The lowest BCUT2D eigenvalue weighted by atomic mass is 10.1. The van der Waals surface area contributed by atoms with Crippen LogP contribution in [0.25, 0.3) is 0 Å². The molecular formula is C30H35N7O7S. The molecule has 4 N–H and O–H groups in total. The molecule has 15 heteroatoms. The summed E-state index contributed by atoms with van der Waals surface area (Å²) in [6, 6.07) is 13.8. The van der Waals surface area contributed by atoms with Gasteiger partial charge in [0.05, 0.1) is 44.6 Å². The van der Waals surface area contributed by atoms with Crippen molar-refractivity contribution in [3.63, 3.8) is 0 Å². The van der Waals surface area contributed by atoms with Crippen LogP contribution >= 0.6 is 0 Å². The van der Waals surface area contributed by atoms with Crippen LogP contribution in [0.15, 0.2) is 65.8 Å². The minimum Gasteiger partial charge on any atom is -0.495 e. The normalized spacial score (nSPS) is 15.0. The number of aliphatic imine (C=N–C) groups is 1. The molecule has 2 unspecified atom stereocenters. The van der Waals surface area contributed by atoms with Crippen molar-refractivity contribution >= 4 is 51.5 Å². The van der Waals surface area contributed by atoms with E-state index in [9.17, 15) is 27.9 Å². The van der Waals surface area contributed by atoms with E-state index in [1.165, 1.54) is 38.8 Å². The van der Waals surface area contributed by atoms with Crippen molar-refractivity contribution < 1.29 is 32.6 Å². The molecule has 0 aliphatic carbocycles. The SMILES string of the molecule is COc1cc(CC(=O)Nc2ccc(C(CC(=O)O)N(C)S(=O)(=O)C3CN(C)C=N3)cn2)ccc1NC(=O)Nc1ccccc1C. The zero-order valence-corrected chi connectivity index (χ0v) is 26.0. The van der Waals surface area contributed by atoms with Crippen molar-refractivity contribution in [2.45, 2.75) is 31.2 Å². The average Bonchev–Trinajstić information content (AvgIpc) is 3.45. The summed E-state index contributed by atoms with van der Waals surface area (Å²) >= 11 is 0. The summed E-state index contributed by atoms with van der Waals surface area (Å²) in [5.41, 5.74) is 2.95. The Labute approximate surface area is 261 Å². The zero-order valence-electron chi connectivity index (χ0n) is 25.2. The highest BCUT2D eigenvalue weighted by molar-refractivity contribution is 7.89. The Kier molecular flexibility index (Phi) is 10.4. The number of carboxylic acids is 1. The van der Waals surface area contributed by atoms with Crippen molar-refractivity contribution in [2.24, 2.45) is 4.99 Å². The lowest BCUT2D eigenvalue weighted by Gasteiger charge is -2.28. The van der Waals surface area contributed by atoms with Crippen LogP contribution < -0.4 is 20.7 Å². The number of carbonyl (C=O) groups excluding carboxylic acids is 2. The smallest absolute Gasteiger partial charge is 0.323 e. The Hall–Kier alpha value is -5.02. The molecule has 14 nitrogen and oxygen atoms in total. The van der Waals surface area contributed by atoms with Crippen LogP contribution in [0, 0.1) is 6.92 Å². The standard InChI is InChI=1S/C30H35N7O7S/c1-19-7-5-6-8-22(19)33-30(41)34-23-11-9-20(13-25(23)44-4)14-27(38)35-26-12-10-21(16-31-26)24(15-29(39)40)37(3)45(42,43)28-17-36(2)18-32-28/h5-13,16,18,24,28H,14-15,17H2,1-4H3,(H,39,40)(H,31,35,38)(H2,33,34,41). The lowest BCUT2D eigenvalue weighted by Crippen LogP contribution is -2.40. The fourth-order valence-electron chi connectivity index (χ4n) is 4.68. The number of pyridine rings is 1. The summed E-state index contributed by atoms with van der Waals surface area (Å²) in [7, 11) is 0.503. The molecule has 0 radical (unpaired) electrons.